The third-order valence-corrected chi connectivity index (χ3v) is 6.18. The van der Waals surface area contributed by atoms with Crippen molar-refractivity contribution >= 4 is 23.9 Å². The molecule has 1 N–H and O–H groups in total. The van der Waals surface area contributed by atoms with Gasteiger partial charge in [0.15, 0.2) is 0 Å². The number of hydrogen-bond acceptors (Lipinski definition) is 4. The summed E-state index contributed by atoms with van der Waals surface area (Å²) in [5.74, 6) is 0. The molecule has 0 bridgehead atoms. The van der Waals surface area contributed by atoms with Gasteiger partial charge in [0.25, 0.3) is 5.69 Å². The van der Waals surface area contributed by atoms with E-state index in [-0.39, 0.29) is 10.6 Å². The van der Waals surface area contributed by atoms with Crippen LogP contribution in [-0.4, -0.2) is 21.6 Å². The third kappa shape index (κ3) is 3.91. The zero-order chi connectivity index (χ0) is 13.3. The van der Waals surface area contributed by atoms with Crippen LogP contribution in [0, 0.1) is 10.1 Å². The number of nitrogens with zero attached hydrogens (tertiary/aromatic N) is 1. The van der Waals surface area contributed by atoms with Crippen LogP contribution in [0.1, 0.15) is 0 Å². The minimum Gasteiger partial charge on any atom is -0.258 e. The molecule has 1 aromatic rings. The van der Waals surface area contributed by atoms with Crippen molar-refractivity contribution in [1.29, 1.82) is 0 Å². The first kappa shape index (κ1) is 13.8. The highest BCUT2D eigenvalue weighted by molar-refractivity contribution is 7.91. The Balaban J connectivity index is 3.16. The van der Waals surface area contributed by atoms with Gasteiger partial charge in [-0.05, 0) is 6.07 Å². The zero-order valence-corrected chi connectivity index (χ0v) is 11.6. The van der Waals surface area contributed by atoms with Crippen molar-refractivity contribution < 1.29 is 13.3 Å². The van der Waals surface area contributed by atoms with E-state index in [9.17, 15) is 18.5 Å². The highest BCUT2D eigenvalue weighted by atomic mass is 32.2. The topological polar surface area (TPSA) is 89.3 Å². The standard InChI is InChI=1S/C9H14N2O4SSi/c1-17(2,3)10-16(14,15)9-6-4-5-8(7-9)11(12)13/h4-7,10H,1-3H3. The Morgan fingerprint density at radius 1 is 1.29 bits per heavy atom. The Labute approximate surface area is 101 Å². The Hall–Kier alpha value is -1.25. The Morgan fingerprint density at radius 2 is 1.88 bits per heavy atom. The number of benzene rings is 1. The number of nitro groups is 1. The van der Waals surface area contributed by atoms with Gasteiger partial charge in [-0.1, -0.05) is 25.7 Å². The van der Waals surface area contributed by atoms with Gasteiger partial charge in [0.05, 0.1) is 9.82 Å². The van der Waals surface area contributed by atoms with Gasteiger partial charge in [0, 0.05) is 12.1 Å². The predicted molar refractivity (Wildman–Crippen MR) is 66.8 cm³/mol. The van der Waals surface area contributed by atoms with Crippen LogP contribution in [0.2, 0.25) is 19.6 Å². The van der Waals surface area contributed by atoms with E-state index in [0.29, 0.717) is 0 Å². The molecule has 0 spiro atoms. The highest BCUT2D eigenvalue weighted by Gasteiger charge is 2.24. The number of sulfonamides is 1. The minimum absolute atomic E-state index is 0.0749. The molecule has 94 valence electrons. The Morgan fingerprint density at radius 3 is 2.35 bits per heavy atom. The second kappa shape index (κ2) is 4.55. The van der Waals surface area contributed by atoms with Crippen molar-refractivity contribution in [3.63, 3.8) is 0 Å². The van der Waals surface area contributed by atoms with Gasteiger partial charge in [-0.15, -0.1) is 0 Å². The van der Waals surface area contributed by atoms with Crippen molar-refractivity contribution in [3.8, 4) is 0 Å². The smallest absolute Gasteiger partial charge is 0.258 e. The fourth-order valence-corrected chi connectivity index (χ4v) is 5.46. The van der Waals surface area contributed by atoms with Gasteiger partial charge in [-0.3, -0.25) is 10.1 Å². The molecule has 0 saturated carbocycles. The lowest BCUT2D eigenvalue weighted by Crippen LogP contribution is -2.45. The lowest BCUT2D eigenvalue weighted by Gasteiger charge is -2.17. The van der Waals surface area contributed by atoms with E-state index in [2.05, 4.69) is 4.39 Å². The van der Waals surface area contributed by atoms with E-state index in [4.69, 9.17) is 0 Å². The van der Waals surface area contributed by atoms with Crippen LogP contribution in [-0.2, 0) is 10.0 Å². The molecule has 0 aliphatic heterocycles. The predicted octanol–water partition coefficient (Wildman–Crippen LogP) is 1.71. The summed E-state index contributed by atoms with van der Waals surface area (Å²) in [5.41, 5.74) is -0.233. The van der Waals surface area contributed by atoms with Crippen LogP contribution in [0.5, 0.6) is 0 Å². The molecule has 0 atom stereocenters. The molecule has 6 nitrogen and oxygen atoms in total. The number of hydrogen-bond donors (Lipinski definition) is 1. The van der Waals surface area contributed by atoms with Crippen LogP contribution >= 0.6 is 0 Å². The average Bonchev–Trinajstić information content (AvgIpc) is 2.14. The van der Waals surface area contributed by atoms with Crippen LogP contribution < -0.4 is 4.39 Å². The summed E-state index contributed by atoms with van der Waals surface area (Å²) in [5, 5.41) is 10.6. The molecule has 0 unspecified atom stereocenters. The summed E-state index contributed by atoms with van der Waals surface area (Å²) < 4.78 is 26.4. The summed E-state index contributed by atoms with van der Waals surface area (Å²) in [6.07, 6.45) is 0. The van der Waals surface area contributed by atoms with Gasteiger partial charge in [0.2, 0.25) is 10.0 Å². The van der Waals surface area contributed by atoms with Gasteiger partial charge < -0.3 is 0 Å². The summed E-state index contributed by atoms with van der Waals surface area (Å²) in [6.45, 7) is 5.51. The molecule has 0 aromatic heterocycles. The third-order valence-electron chi connectivity index (χ3n) is 1.78. The first-order valence-corrected chi connectivity index (χ1v) is 9.88. The van der Waals surface area contributed by atoms with E-state index in [1.807, 2.05) is 19.6 Å². The van der Waals surface area contributed by atoms with Gasteiger partial charge >= 0.3 is 0 Å². The maximum absolute atomic E-state index is 11.9. The Bertz CT molecular complexity index is 536. The molecule has 0 radical (unpaired) electrons. The summed E-state index contributed by atoms with van der Waals surface area (Å²) in [7, 11) is -5.69. The molecule has 0 aliphatic rings. The lowest BCUT2D eigenvalue weighted by atomic mass is 10.3. The van der Waals surface area contributed by atoms with E-state index >= 15 is 0 Å². The molecule has 0 saturated heterocycles. The first-order chi connectivity index (χ1) is 7.62. The number of non-ortho nitro benzene ring substituents is 1. The van der Waals surface area contributed by atoms with Crippen molar-refractivity contribution in [2.45, 2.75) is 24.5 Å². The zero-order valence-electron chi connectivity index (χ0n) is 9.80. The van der Waals surface area contributed by atoms with Crippen LogP contribution in [0.15, 0.2) is 29.2 Å². The second-order valence-electron chi connectivity index (χ2n) is 4.61. The van der Waals surface area contributed by atoms with Gasteiger partial charge in [-0.2, -0.15) is 0 Å². The normalized spacial score (nSPS) is 12.4. The number of rotatable bonds is 4. The van der Waals surface area contributed by atoms with Crippen LogP contribution in [0.4, 0.5) is 5.69 Å². The molecular weight excluding hydrogens is 260 g/mol. The largest absolute Gasteiger partial charge is 0.270 e. The SMILES string of the molecule is C[Si](C)(C)NS(=O)(=O)c1cccc([N+](=O)[O-])c1. The van der Waals surface area contributed by atoms with Crippen LogP contribution in [0.25, 0.3) is 0 Å². The monoisotopic (exact) mass is 274 g/mol. The molecule has 17 heavy (non-hydrogen) atoms. The lowest BCUT2D eigenvalue weighted by molar-refractivity contribution is -0.385. The second-order valence-corrected chi connectivity index (χ2v) is 11.4. The van der Waals surface area contributed by atoms with E-state index in [1.165, 1.54) is 18.2 Å². The summed E-state index contributed by atoms with van der Waals surface area (Å²) >= 11 is 0. The van der Waals surface area contributed by atoms with Crippen molar-refractivity contribution in [1.82, 2.24) is 4.39 Å². The highest BCUT2D eigenvalue weighted by Crippen LogP contribution is 2.18. The van der Waals surface area contributed by atoms with Crippen molar-refractivity contribution in [2.75, 3.05) is 0 Å². The maximum atomic E-state index is 11.9. The van der Waals surface area contributed by atoms with Crippen LogP contribution in [0.3, 0.4) is 0 Å². The minimum atomic E-state index is -3.67. The molecule has 8 heteroatoms. The molecule has 0 heterocycles. The molecule has 0 amide bonds. The molecular formula is C9H14N2O4SSi. The van der Waals surface area contributed by atoms with E-state index < -0.39 is 23.2 Å². The fraction of sp³-hybridized carbons (Fsp3) is 0.333. The molecule has 0 fully saturated rings. The number of nitrogens with one attached hydrogen (secondary N) is 1. The molecule has 1 aromatic carbocycles. The average molecular weight is 274 g/mol. The fourth-order valence-electron chi connectivity index (χ4n) is 1.23. The molecule has 0 aliphatic carbocycles. The summed E-state index contributed by atoms with van der Waals surface area (Å²) in [4.78, 5) is 9.87. The first-order valence-electron chi connectivity index (χ1n) is 4.90. The van der Waals surface area contributed by atoms with E-state index in [1.54, 1.807) is 0 Å². The van der Waals surface area contributed by atoms with Gasteiger partial charge in [0.1, 0.15) is 8.24 Å². The summed E-state index contributed by atoms with van der Waals surface area (Å²) in [6, 6.07) is 5.02. The molecule has 1 rings (SSSR count). The number of nitro benzene ring substituents is 1. The van der Waals surface area contributed by atoms with Crippen molar-refractivity contribution in [3.05, 3.63) is 34.4 Å². The quantitative estimate of drug-likeness (QED) is 0.514. The Kier molecular flexibility index (Phi) is 3.70. The van der Waals surface area contributed by atoms with E-state index in [0.717, 1.165) is 6.07 Å². The van der Waals surface area contributed by atoms with Gasteiger partial charge in [-0.25, -0.2) is 12.8 Å². The maximum Gasteiger partial charge on any atom is 0.270 e. The van der Waals surface area contributed by atoms with Crippen molar-refractivity contribution in [2.24, 2.45) is 0 Å².